The van der Waals surface area contributed by atoms with Gasteiger partial charge in [0.1, 0.15) is 11.8 Å². The number of ether oxygens (including phenoxy) is 1. The Bertz CT molecular complexity index is 749. The number of aryl methyl sites for hydroxylation is 2. The molecule has 1 unspecified atom stereocenters. The Kier molecular flexibility index (Phi) is 7.47. The van der Waals surface area contributed by atoms with E-state index in [9.17, 15) is 18.0 Å². The zero-order valence-corrected chi connectivity index (χ0v) is 15.1. The highest BCUT2D eigenvalue weighted by Crippen LogP contribution is 2.25. The number of nitrogens with two attached hydrogens (primary N) is 1. The molecular formula is C18H20ClF3N2O2. The molecule has 0 saturated heterocycles. The molecule has 0 bridgehead atoms. The van der Waals surface area contributed by atoms with Crippen LogP contribution in [0.5, 0.6) is 5.75 Å². The average Bonchev–Trinajstić information content (AvgIpc) is 2.53. The van der Waals surface area contributed by atoms with E-state index in [1.54, 1.807) is 19.1 Å². The van der Waals surface area contributed by atoms with Gasteiger partial charge in [-0.1, -0.05) is 29.8 Å². The molecule has 2 rings (SSSR count). The second-order valence-electron chi connectivity index (χ2n) is 5.76. The fourth-order valence-corrected chi connectivity index (χ4v) is 2.19. The fourth-order valence-electron chi connectivity index (χ4n) is 2.19. The predicted octanol–water partition coefficient (Wildman–Crippen LogP) is 4.30. The van der Waals surface area contributed by atoms with E-state index in [1.165, 1.54) is 18.2 Å². The Hall–Kier alpha value is -2.25. The van der Waals surface area contributed by atoms with E-state index in [0.29, 0.717) is 16.8 Å². The van der Waals surface area contributed by atoms with Gasteiger partial charge in [0.15, 0.2) is 6.61 Å². The van der Waals surface area contributed by atoms with E-state index in [0.717, 1.165) is 5.56 Å². The van der Waals surface area contributed by atoms with Crippen LogP contribution in [-0.4, -0.2) is 18.7 Å². The van der Waals surface area contributed by atoms with Gasteiger partial charge in [-0.3, -0.25) is 4.79 Å². The number of carbonyl (C=O) groups is 1. The van der Waals surface area contributed by atoms with Crippen molar-refractivity contribution < 1.29 is 22.7 Å². The molecule has 142 valence electrons. The summed E-state index contributed by atoms with van der Waals surface area (Å²) in [6.45, 7) is 2.17. The standard InChI is InChI=1S/C18H19F3N2O2.ClH/c1-11-3-5-13(6-4-11)16(22)17(24)23-14-7-8-15(12(2)9-14)25-10-18(19,20)21;/h3-9,16H,10,22H2,1-2H3,(H,23,24);1H. The molecule has 0 aliphatic rings. The van der Waals surface area contributed by atoms with Crippen LogP contribution in [0.15, 0.2) is 42.5 Å². The van der Waals surface area contributed by atoms with E-state index in [1.807, 2.05) is 19.1 Å². The molecule has 8 heteroatoms. The number of nitrogens with one attached hydrogen (secondary N) is 1. The lowest BCUT2D eigenvalue weighted by Crippen LogP contribution is -2.27. The average molecular weight is 389 g/mol. The summed E-state index contributed by atoms with van der Waals surface area (Å²) in [5.41, 5.74) is 8.58. The first-order valence-electron chi connectivity index (χ1n) is 7.59. The molecule has 0 aromatic heterocycles. The summed E-state index contributed by atoms with van der Waals surface area (Å²) < 4.78 is 41.3. The molecule has 0 saturated carbocycles. The van der Waals surface area contributed by atoms with Crippen molar-refractivity contribution in [1.29, 1.82) is 0 Å². The Morgan fingerprint density at radius 3 is 2.31 bits per heavy atom. The number of amides is 1. The van der Waals surface area contributed by atoms with Crippen molar-refractivity contribution in [2.45, 2.75) is 26.1 Å². The van der Waals surface area contributed by atoms with E-state index < -0.39 is 24.7 Å². The number of carbonyl (C=O) groups excluding carboxylic acids is 1. The van der Waals surface area contributed by atoms with Crippen molar-refractivity contribution in [3.05, 3.63) is 59.2 Å². The summed E-state index contributed by atoms with van der Waals surface area (Å²) in [4.78, 5) is 12.2. The predicted molar refractivity (Wildman–Crippen MR) is 96.7 cm³/mol. The van der Waals surface area contributed by atoms with Gasteiger partial charge in [0.2, 0.25) is 5.91 Å². The monoisotopic (exact) mass is 388 g/mol. The smallest absolute Gasteiger partial charge is 0.422 e. The largest absolute Gasteiger partial charge is 0.484 e. The molecule has 0 spiro atoms. The van der Waals surface area contributed by atoms with Gasteiger partial charge in [-0.05, 0) is 43.2 Å². The number of anilines is 1. The van der Waals surface area contributed by atoms with Crippen LogP contribution >= 0.6 is 12.4 Å². The number of halogens is 4. The van der Waals surface area contributed by atoms with Gasteiger partial charge in [-0.2, -0.15) is 13.2 Å². The first kappa shape index (κ1) is 21.8. The van der Waals surface area contributed by atoms with Crippen molar-refractivity contribution in [2.24, 2.45) is 5.73 Å². The maximum Gasteiger partial charge on any atom is 0.422 e. The highest BCUT2D eigenvalue weighted by Gasteiger charge is 2.28. The van der Waals surface area contributed by atoms with Gasteiger partial charge < -0.3 is 15.8 Å². The van der Waals surface area contributed by atoms with E-state index in [2.05, 4.69) is 5.32 Å². The minimum Gasteiger partial charge on any atom is -0.484 e. The van der Waals surface area contributed by atoms with Crippen LogP contribution in [-0.2, 0) is 4.79 Å². The Balaban J connectivity index is 0.00000338. The third kappa shape index (κ3) is 6.24. The summed E-state index contributed by atoms with van der Waals surface area (Å²) in [5, 5.41) is 2.65. The van der Waals surface area contributed by atoms with Gasteiger partial charge in [-0.15, -0.1) is 12.4 Å². The Morgan fingerprint density at radius 1 is 1.15 bits per heavy atom. The van der Waals surface area contributed by atoms with Crippen LogP contribution in [0.2, 0.25) is 0 Å². The fraction of sp³-hybridized carbons (Fsp3) is 0.278. The van der Waals surface area contributed by atoms with Crippen LogP contribution in [0.3, 0.4) is 0 Å². The minimum absolute atomic E-state index is 0. The Labute approximate surface area is 155 Å². The van der Waals surface area contributed by atoms with Gasteiger partial charge in [0.25, 0.3) is 0 Å². The summed E-state index contributed by atoms with van der Waals surface area (Å²) in [6, 6.07) is 10.8. The topological polar surface area (TPSA) is 64.4 Å². The summed E-state index contributed by atoms with van der Waals surface area (Å²) >= 11 is 0. The van der Waals surface area contributed by atoms with Crippen molar-refractivity contribution in [1.82, 2.24) is 0 Å². The van der Waals surface area contributed by atoms with Crippen LogP contribution < -0.4 is 15.8 Å². The first-order valence-corrected chi connectivity index (χ1v) is 7.59. The molecule has 0 aliphatic heterocycles. The second kappa shape index (κ2) is 8.91. The minimum atomic E-state index is -4.40. The van der Waals surface area contributed by atoms with Crippen molar-refractivity contribution in [2.75, 3.05) is 11.9 Å². The highest BCUT2D eigenvalue weighted by molar-refractivity contribution is 5.95. The third-order valence-corrected chi connectivity index (χ3v) is 3.55. The van der Waals surface area contributed by atoms with Crippen molar-refractivity contribution in [3.63, 3.8) is 0 Å². The molecule has 4 nitrogen and oxygen atoms in total. The molecule has 0 heterocycles. The van der Waals surface area contributed by atoms with Crippen LogP contribution in [0.4, 0.5) is 18.9 Å². The lowest BCUT2D eigenvalue weighted by Gasteiger charge is -2.15. The normalized spacial score (nSPS) is 12.1. The van der Waals surface area contributed by atoms with Crippen molar-refractivity contribution >= 4 is 24.0 Å². The maximum absolute atomic E-state index is 12.2. The lowest BCUT2D eigenvalue weighted by atomic mass is 10.1. The maximum atomic E-state index is 12.2. The molecule has 26 heavy (non-hydrogen) atoms. The first-order chi connectivity index (χ1) is 11.7. The van der Waals surface area contributed by atoms with Gasteiger partial charge in [-0.25, -0.2) is 0 Å². The number of rotatable bonds is 5. The second-order valence-corrected chi connectivity index (χ2v) is 5.76. The summed E-state index contributed by atoms with van der Waals surface area (Å²) in [6.07, 6.45) is -4.40. The molecule has 1 amide bonds. The Morgan fingerprint density at radius 2 is 1.77 bits per heavy atom. The third-order valence-electron chi connectivity index (χ3n) is 3.55. The van der Waals surface area contributed by atoms with Crippen molar-refractivity contribution in [3.8, 4) is 5.75 Å². The van der Waals surface area contributed by atoms with E-state index in [4.69, 9.17) is 10.5 Å². The number of benzene rings is 2. The molecule has 0 fully saturated rings. The molecule has 0 radical (unpaired) electrons. The van der Waals surface area contributed by atoms with E-state index in [-0.39, 0.29) is 18.2 Å². The van der Waals surface area contributed by atoms with E-state index >= 15 is 0 Å². The SMILES string of the molecule is Cc1ccc(C(N)C(=O)Nc2ccc(OCC(F)(F)F)c(C)c2)cc1.Cl. The lowest BCUT2D eigenvalue weighted by molar-refractivity contribution is -0.153. The number of hydrogen-bond acceptors (Lipinski definition) is 3. The summed E-state index contributed by atoms with van der Waals surface area (Å²) in [7, 11) is 0. The zero-order chi connectivity index (χ0) is 18.6. The molecule has 1 atom stereocenters. The molecule has 2 aromatic carbocycles. The van der Waals surface area contributed by atoms with Crippen LogP contribution in [0.1, 0.15) is 22.7 Å². The van der Waals surface area contributed by atoms with Gasteiger partial charge >= 0.3 is 6.18 Å². The number of hydrogen-bond donors (Lipinski definition) is 2. The summed E-state index contributed by atoms with van der Waals surface area (Å²) in [5.74, 6) is -0.301. The van der Waals surface area contributed by atoms with Crippen LogP contribution in [0, 0.1) is 13.8 Å². The molecule has 3 N–H and O–H groups in total. The molecule has 2 aromatic rings. The zero-order valence-electron chi connectivity index (χ0n) is 14.3. The quantitative estimate of drug-likeness (QED) is 0.802. The van der Waals surface area contributed by atoms with Gasteiger partial charge in [0.05, 0.1) is 0 Å². The molecular weight excluding hydrogens is 369 g/mol. The van der Waals surface area contributed by atoms with Crippen LogP contribution in [0.25, 0.3) is 0 Å². The number of alkyl halides is 3. The van der Waals surface area contributed by atoms with Gasteiger partial charge in [0, 0.05) is 5.69 Å². The molecule has 0 aliphatic carbocycles. The highest BCUT2D eigenvalue weighted by atomic mass is 35.5.